The van der Waals surface area contributed by atoms with E-state index in [1.807, 2.05) is 0 Å². The molecule has 2 N–H and O–H groups in total. The monoisotopic (exact) mass is 218 g/mol. The summed E-state index contributed by atoms with van der Waals surface area (Å²) in [5.74, 6) is 0.636. The van der Waals surface area contributed by atoms with Crippen LogP contribution in [0.1, 0.15) is 24.5 Å². The van der Waals surface area contributed by atoms with Crippen LogP contribution in [-0.4, -0.2) is 20.1 Å². The molecular formula is C14H22N2. The van der Waals surface area contributed by atoms with Gasteiger partial charge in [-0.1, -0.05) is 25.5 Å². The lowest BCUT2D eigenvalue weighted by molar-refractivity contribution is 0.518. The Balaban J connectivity index is 2.13. The van der Waals surface area contributed by atoms with E-state index in [2.05, 4.69) is 37.1 Å². The van der Waals surface area contributed by atoms with Crippen molar-refractivity contribution in [2.45, 2.75) is 26.2 Å². The standard InChI is InChI=1S/C14H22N2/c1-3-11(10-15)8-12-4-5-14-13(9-12)6-7-16(14)2/h4-5,9,11H,3,6-8,10,15H2,1-2H3. The third-order valence-electron chi connectivity index (χ3n) is 3.71. The second-order valence-corrected chi connectivity index (χ2v) is 4.85. The number of hydrogen-bond donors (Lipinski definition) is 1. The van der Waals surface area contributed by atoms with Crippen molar-refractivity contribution in [1.82, 2.24) is 0 Å². The van der Waals surface area contributed by atoms with Crippen LogP contribution in [0.2, 0.25) is 0 Å². The van der Waals surface area contributed by atoms with E-state index in [-0.39, 0.29) is 0 Å². The van der Waals surface area contributed by atoms with Gasteiger partial charge in [0.25, 0.3) is 0 Å². The minimum Gasteiger partial charge on any atom is -0.374 e. The molecule has 1 aliphatic heterocycles. The summed E-state index contributed by atoms with van der Waals surface area (Å²) in [5, 5.41) is 0. The summed E-state index contributed by atoms with van der Waals surface area (Å²) in [4.78, 5) is 2.33. The summed E-state index contributed by atoms with van der Waals surface area (Å²) < 4.78 is 0. The van der Waals surface area contributed by atoms with Crippen LogP contribution in [0.25, 0.3) is 0 Å². The van der Waals surface area contributed by atoms with E-state index in [0.717, 1.165) is 19.5 Å². The molecule has 1 aliphatic rings. The van der Waals surface area contributed by atoms with Gasteiger partial charge in [0.1, 0.15) is 0 Å². The quantitative estimate of drug-likeness (QED) is 0.839. The Morgan fingerprint density at radius 1 is 1.44 bits per heavy atom. The van der Waals surface area contributed by atoms with Gasteiger partial charge in [0.05, 0.1) is 0 Å². The highest BCUT2D eigenvalue weighted by Gasteiger charge is 2.16. The number of nitrogens with two attached hydrogens (primary N) is 1. The molecule has 0 amide bonds. The molecule has 0 aromatic heterocycles. The van der Waals surface area contributed by atoms with Gasteiger partial charge in [0, 0.05) is 19.3 Å². The molecule has 0 radical (unpaired) electrons. The first kappa shape index (κ1) is 11.5. The van der Waals surface area contributed by atoms with Gasteiger partial charge in [0.15, 0.2) is 0 Å². The highest BCUT2D eigenvalue weighted by molar-refractivity contribution is 5.58. The van der Waals surface area contributed by atoms with E-state index >= 15 is 0 Å². The minimum atomic E-state index is 0.636. The Hall–Kier alpha value is -1.02. The molecule has 0 aliphatic carbocycles. The summed E-state index contributed by atoms with van der Waals surface area (Å²) in [7, 11) is 2.17. The lowest BCUT2D eigenvalue weighted by Crippen LogP contribution is -2.16. The average molecular weight is 218 g/mol. The lowest BCUT2D eigenvalue weighted by atomic mass is 9.95. The highest BCUT2D eigenvalue weighted by atomic mass is 15.1. The zero-order chi connectivity index (χ0) is 11.5. The largest absolute Gasteiger partial charge is 0.374 e. The predicted molar refractivity (Wildman–Crippen MR) is 70.0 cm³/mol. The molecule has 88 valence electrons. The van der Waals surface area contributed by atoms with Crippen molar-refractivity contribution < 1.29 is 0 Å². The molecule has 0 saturated carbocycles. The van der Waals surface area contributed by atoms with Crippen LogP contribution in [0.4, 0.5) is 5.69 Å². The van der Waals surface area contributed by atoms with Gasteiger partial charge in [-0.05, 0) is 42.5 Å². The molecule has 1 aromatic rings. The maximum Gasteiger partial charge on any atom is 0.0397 e. The van der Waals surface area contributed by atoms with Crippen LogP contribution in [0.3, 0.4) is 0 Å². The summed E-state index contributed by atoms with van der Waals surface area (Å²) in [6.45, 7) is 4.18. The molecule has 2 nitrogen and oxygen atoms in total. The number of hydrogen-bond acceptors (Lipinski definition) is 2. The summed E-state index contributed by atoms with van der Waals surface area (Å²) in [6.07, 6.45) is 3.50. The van der Waals surface area contributed by atoms with Crippen LogP contribution >= 0.6 is 0 Å². The van der Waals surface area contributed by atoms with E-state index in [0.29, 0.717) is 5.92 Å². The van der Waals surface area contributed by atoms with E-state index in [1.165, 1.54) is 29.7 Å². The van der Waals surface area contributed by atoms with Gasteiger partial charge in [-0.3, -0.25) is 0 Å². The molecule has 0 bridgehead atoms. The minimum absolute atomic E-state index is 0.636. The molecule has 0 saturated heterocycles. The first-order valence-corrected chi connectivity index (χ1v) is 6.27. The Morgan fingerprint density at radius 3 is 2.94 bits per heavy atom. The topological polar surface area (TPSA) is 29.3 Å². The predicted octanol–water partition coefficient (Wildman–Crippen LogP) is 2.21. The second kappa shape index (κ2) is 4.88. The summed E-state index contributed by atoms with van der Waals surface area (Å²) >= 11 is 0. The molecule has 2 rings (SSSR count). The molecule has 1 aromatic carbocycles. The molecule has 16 heavy (non-hydrogen) atoms. The average Bonchev–Trinajstić information content (AvgIpc) is 2.68. The van der Waals surface area contributed by atoms with Crippen molar-refractivity contribution in [3.8, 4) is 0 Å². The first-order valence-electron chi connectivity index (χ1n) is 6.27. The highest BCUT2D eigenvalue weighted by Crippen LogP contribution is 2.28. The Labute approximate surface area is 98.4 Å². The molecule has 1 heterocycles. The molecular weight excluding hydrogens is 196 g/mol. The van der Waals surface area contributed by atoms with Gasteiger partial charge in [-0.25, -0.2) is 0 Å². The summed E-state index contributed by atoms with van der Waals surface area (Å²) in [5.41, 5.74) is 10.1. The Bertz CT molecular complexity index is 356. The van der Waals surface area contributed by atoms with Crippen molar-refractivity contribution >= 4 is 5.69 Å². The van der Waals surface area contributed by atoms with Crippen molar-refractivity contribution in [3.05, 3.63) is 29.3 Å². The van der Waals surface area contributed by atoms with E-state index in [4.69, 9.17) is 5.73 Å². The molecule has 1 unspecified atom stereocenters. The van der Waals surface area contributed by atoms with Gasteiger partial charge < -0.3 is 10.6 Å². The van der Waals surface area contributed by atoms with Crippen LogP contribution in [0.15, 0.2) is 18.2 Å². The van der Waals surface area contributed by atoms with Crippen molar-refractivity contribution in [3.63, 3.8) is 0 Å². The van der Waals surface area contributed by atoms with Crippen molar-refractivity contribution in [2.75, 3.05) is 25.0 Å². The van der Waals surface area contributed by atoms with Gasteiger partial charge in [-0.2, -0.15) is 0 Å². The maximum absolute atomic E-state index is 5.76. The molecule has 1 atom stereocenters. The Kier molecular flexibility index (Phi) is 3.49. The fraction of sp³-hybridized carbons (Fsp3) is 0.571. The van der Waals surface area contributed by atoms with Crippen LogP contribution in [-0.2, 0) is 12.8 Å². The lowest BCUT2D eigenvalue weighted by Gasteiger charge is -2.15. The Morgan fingerprint density at radius 2 is 2.25 bits per heavy atom. The van der Waals surface area contributed by atoms with Crippen molar-refractivity contribution in [1.29, 1.82) is 0 Å². The van der Waals surface area contributed by atoms with Gasteiger partial charge >= 0.3 is 0 Å². The van der Waals surface area contributed by atoms with Crippen LogP contribution in [0.5, 0.6) is 0 Å². The summed E-state index contributed by atoms with van der Waals surface area (Å²) in [6, 6.07) is 6.90. The van der Waals surface area contributed by atoms with E-state index in [9.17, 15) is 0 Å². The second-order valence-electron chi connectivity index (χ2n) is 4.85. The normalized spacial score (nSPS) is 16.3. The maximum atomic E-state index is 5.76. The van der Waals surface area contributed by atoms with E-state index in [1.54, 1.807) is 0 Å². The molecule has 0 spiro atoms. The SMILES string of the molecule is CCC(CN)Cc1ccc2c(c1)CCN2C. The van der Waals surface area contributed by atoms with Crippen molar-refractivity contribution in [2.24, 2.45) is 11.7 Å². The number of rotatable bonds is 4. The van der Waals surface area contributed by atoms with Gasteiger partial charge in [0.2, 0.25) is 0 Å². The molecule has 0 fully saturated rings. The third-order valence-corrected chi connectivity index (χ3v) is 3.71. The number of fused-ring (bicyclic) bond motifs is 1. The van der Waals surface area contributed by atoms with E-state index < -0.39 is 0 Å². The smallest absolute Gasteiger partial charge is 0.0397 e. The van der Waals surface area contributed by atoms with Crippen LogP contribution in [0, 0.1) is 5.92 Å². The fourth-order valence-corrected chi connectivity index (χ4v) is 2.47. The number of nitrogens with zero attached hydrogens (tertiary/aromatic N) is 1. The zero-order valence-electron chi connectivity index (χ0n) is 10.4. The molecule has 2 heteroatoms. The number of likely N-dealkylation sites (N-methyl/N-ethyl adjacent to an activating group) is 1. The zero-order valence-corrected chi connectivity index (χ0v) is 10.4. The fourth-order valence-electron chi connectivity index (χ4n) is 2.47. The van der Waals surface area contributed by atoms with Gasteiger partial charge in [-0.15, -0.1) is 0 Å². The first-order chi connectivity index (χ1) is 7.74. The number of anilines is 1. The van der Waals surface area contributed by atoms with Crippen LogP contribution < -0.4 is 10.6 Å². The number of benzene rings is 1. The third kappa shape index (κ3) is 2.22.